The lowest BCUT2D eigenvalue weighted by atomic mass is 10.2. The van der Waals surface area contributed by atoms with E-state index in [1.807, 2.05) is 43.3 Å². The van der Waals surface area contributed by atoms with Gasteiger partial charge in [-0.15, -0.1) is 0 Å². The van der Waals surface area contributed by atoms with Crippen molar-refractivity contribution >= 4 is 40.5 Å². The summed E-state index contributed by atoms with van der Waals surface area (Å²) in [5.41, 5.74) is 1.99. The fourth-order valence-electron chi connectivity index (χ4n) is 1.83. The van der Waals surface area contributed by atoms with Crippen LogP contribution in [0, 0.1) is 0 Å². The second-order valence-electron chi connectivity index (χ2n) is 4.49. The van der Waals surface area contributed by atoms with Gasteiger partial charge in [0.1, 0.15) is 0 Å². The molecule has 0 heterocycles. The van der Waals surface area contributed by atoms with Crippen LogP contribution in [-0.2, 0) is 0 Å². The third-order valence-corrected chi connectivity index (χ3v) is 3.37. The highest BCUT2D eigenvalue weighted by Crippen LogP contribution is 2.26. The molecule has 0 spiro atoms. The first-order valence-corrected chi connectivity index (χ1v) is 6.77. The molecular formula is C15H14Cl2N2O. The summed E-state index contributed by atoms with van der Waals surface area (Å²) in [5, 5.41) is 3.69. The minimum absolute atomic E-state index is 0.285. The number of nitrogens with one attached hydrogen (secondary N) is 1. The minimum Gasteiger partial charge on any atom is -0.376 e. The lowest BCUT2D eigenvalue weighted by Gasteiger charge is -2.18. The molecule has 2 rings (SSSR count). The number of carbonyl (C=O) groups is 1. The van der Waals surface area contributed by atoms with Gasteiger partial charge in [-0.2, -0.15) is 0 Å². The number of amides is 1. The molecule has 5 heteroatoms. The van der Waals surface area contributed by atoms with Crippen LogP contribution in [0.3, 0.4) is 0 Å². The second kappa shape index (κ2) is 6.16. The van der Waals surface area contributed by atoms with E-state index in [0.29, 0.717) is 15.6 Å². The Morgan fingerprint density at radius 3 is 2.50 bits per heavy atom. The smallest absolute Gasteiger partial charge is 0.257 e. The zero-order valence-corrected chi connectivity index (χ0v) is 12.7. The van der Waals surface area contributed by atoms with Gasteiger partial charge in [0.05, 0.1) is 22.0 Å². The summed E-state index contributed by atoms with van der Waals surface area (Å²) in [6, 6.07) is 12.4. The molecule has 3 nitrogen and oxygen atoms in total. The largest absolute Gasteiger partial charge is 0.376 e. The van der Waals surface area contributed by atoms with Crippen molar-refractivity contribution in [2.24, 2.45) is 0 Å². The predicted molar refractivity (Wildman–Crippen MR) is 85.2 cm³/mol. The van der Waals surface area contributed by atoms with Gasteiger partial charge in [-0.25, -0.2) is 0 Å². The van der Waals surface area contributed by atoms with E-state index in [1.54, 1.807) is 18.2 Å². The van der Waals surface area contributed by atoms with Crippen molar-refractivity contribution in [3.8, 4) is 0 Å². The number of carbonyl (C=O) groups excluding carboxylic acids is 1. The third kappa shape index (κ3) is 3.24. The molecule has 0 radical (unpaired) electrons. The molecule has 0 bridgehead atoms. The summed E-state index contributed by atoms with van der Waals surface area (Å²) in [4.78, 5) is 14.2. The zero-order chi connectivity index (χ0) is 14.7. The molecule has 0 aliphatic heterocycles. The average Bonchev–Trinajstić information content (AvgIpc) is 2.41. The lowest BCUT2D eigenvalue weighted by molar-refractivity contribution is 0.102. The van der Waals surface area contributed by atoms with Crippen LogP contribution in [0.4, 0.5) is 11.4 Å². The van der Waals surface area contributed by atoms with Crippen LogP contribution in [0.1, 0.15) is 10.4 Å². The minimum atomic E-state index is -0.285. The molecule has 1 N–H and O–H groups in total. The average molecular weight is 309 g/mol. The maximum Gasteiger partial charge on any atom is 0.257 e. The van der Waals surface area contributed by atoms with Gasteiger partial charge in [-0.1, -0.05) is 35.3 Å². The highest BCUT2D eigenvalue weighted by atomic mass is 35.5. The Morgan fingerprint density at radius 1 is 1.10 bits per heavy atom. The first kappa shape index (κ1) is 14.7. The van der Waals surface area contributed by atoms with Crippen LogP contribution < -0.4 is 10.2 Å². The number of hydrogen-bond donors (Lipinski definition) is 1. The van der Waals surface area contributed by atoms with Gasteiger partial charge in [0.2, 0.25) is 0 Å². The number of nitrogens with zero attached hydrogens (tertiary/aromatic N) is 1. The maximum atomic E-state index is 12.3. The van der Waals surface area contributed by atoms with Crippen molar-refractivity contribution < 1.29 is 4.79 Å². The number of benzene rings is 2. The number of halogens is 2. The van der Waals surface area contributed by atoms with E-state index in [2.05, 4.69) is 5.32 Å². The summed E-state index contributed by atoms with van der Waals surface area (Å²) in [7, 11) is 3.83. The molecule has 2 aromatic carbocycles. The van der Waals surface area contributed by atoms with E-state index >= 15 is 0 Å². The van der Waals surface area contributed by atoms with Crippen molar-refractivity contribution in [2.75, 3.05) is 24.3 Å². The van der Waals surface area contributed by atoms with Gasteiger partial charge in [-0.05, 0) is 30.3 Å². The van der Waals surface area contributed by atoms with Crippen LogP contribution in [0.25, 0.3) is 0 Å². The SMILES string of the molecule is CN(C)c1ccccc1NC(=O)c1cc(Cl)ccc1Cl. The Balaban J connectivity index is 2.31. The van der Waals surface area contributed by atoms with E-state index in [4.69, 9.17) is 23.2 Å². The molecule has 0 atom stereocenters. The van der Waals surface area contributed by atoms with Crippen LogP contribution in [-0.4, -0.2) is 20.0 Å². The van der Waals surface area contributed by atoms with Gasteiger partial charge in [0, 0.05) is 19.1 Å². The number of para-hydroxylation sites is 2. The zero-order valence-electron chi connectivity index (χ0n) is 11.2. The van der Waals surface area contributed by atoms with E-state index in [-0.39, 0.29) is 5.91 Å². The summed E-state index contributed by atoms with van der Waals surface area (Å²) in [6.07, 6.45) is 0. The fraction of sp³-hybridized carbons (Fsp3) is 0.133. The van der Waals surface area contributed by atoms with Crippen LogP contribution in [0.5, 0.6) is 0 Å². The van der Waals surface area contributed by atoms with Crippen molar-refractivity contribution in [1.29, 1.82) is 0 Å². The second-order valence-corrected chi connectivity index (χ2v) is 5.33. The first-order chi connectivity index (χ1) is 9.49. The highest BCUT2D eigenvalue weighted by Gasteiger charge is 2.13. The summed E-state index contributed by atoms with van der Waals surface area (Å²) >= 11 is 11.9. The Bertz CT molecular complexity index is 642. The highest BCUT2D eigenvalue weighted by molar-refractivity contribution is 6.36. The Kier molecular flexibility index (Phi) is 4.53. The molecule has 0 unspecified atom stereocenters. The molecule has 0 saturated carbocycles. The van der Waals surface area contributed by atoms with Crippen molar-refractivity contribution in [1.82, 2.24) is 0 Å². The predicted octanol–water partition coefficient (Wildman–Crippen LogP) is 4.31. The molecule has 0 aromatic heterocycles. The third-order valence-electron chi connectivity index (χ3n) is 2.81. The Labute approximate surface area is 128 Å². The van der Waals surface area contributed by atoms with Gasteiger partial charge in [0.15, 0.2) is 0 Å². The molecular weight excluding hydrogens is 295 g/mol. The van der Waals surface area contributed by atoms with E-state index in [9.17, 15) is 4.79 Å². The lowest BCUT2D eigenvalue weighted by Crippen LogP contribution is -2.17. The van der Waals surface area contributed by atoms with Crippen molar-refractivity contribution in [3.05, 3.63) is 58.1 Å². The fourth-order valence-corrected chi connectivity index (χ4v) is 2.21. The van der Waals surface area contributed by atoms with E-state index in [1.165, 1.54) is 0 Å². The van der Waals surface area contributed by atoms with Crippen molar-refractivity contribution in [3.63, 3.8) is 0 Å². The molecule has 20 heavy (non-hydrogen) atoms. The molecule has 2 aromatic rings. The summed E-state index contributed by atoms with van der Waals surface area (Å²) < 4.78 is 0. The molecule has 1 amide bonds. The summed E-state index contributed by atoms with van der Waals surface area (Å²) in [5.74, 6) is -0.285. The van der Waals surface area contributed by atoms with E-state index < -0.39 is 0 Å². The van der Waals surface area contributed by atoms with Crippen LogP contribution >= 0.6 is 23.2 Å². The molecule has 0 saturated heterocycles. The van der Waals surface area contributed by atoms with Gasteiger partial charge >= 0.3 is 0 Å². The molecule has 0 aliphatic rings. The van der Waals surface area contributed by atoms with Crippen molar-refractivity contribution in [2.45, 2.75) is 0 Å². The Hall–Kier alpha value is -1.71. The van der Waals surface area contributed by atoms with Crippen LogP contribution in [0.2, 0.25) is 10.0 Å². The first-order valence-electron chi connectivity index (χ1n) is 6.02. The Morgan fingerprint density at radius 2 is 1.80 bits per heavy atom. The number of rotatable bonds is 3. The molecule has 104 valence electrons. The quantitative estimate of drug-likeness (QED) is 0.916. The summed E-state index contributed by atoms with van der Waals surface area (Å²) in [6.45, 7) is 0. The molecule has 0 aliphatic carbocycles. The normalized spacial score (nSPS) is 10.2. The van der Waals surface area contributed by atoms with E-state index in [0.717, 1.165) is 11.4 Å². The van der Waals surface area contributed by atoms with Crippen LogP contribution in [0.15, 0.2) is 42.5 Å². The van der Waals surface area contributed by atoms with Gasteiger partial charge < -0.3 is 10.2 Å². The number of anilines is 2. The topological polar surface area (TPSA) is 32.3 Å². The monoisotopic (exact) mass is 308 g/mol. The van der Waals surface area contributed by atoms with Gasteiger partial charge in [0.25, 0.3) is 5.91 Å². The standard InChI is InChI=1S/C15H14Cl2N2O/c1-19(2)14-6-4-3-5-13(14)18-15(20)11-9-10(16)7-8-12(11)17/h3-9H,1-2H3,(H,18,20). The number of hydrogen-bond acceptors (Lipinski definition) is 2. The molecule has 0 fully saturated rings. The van der Waals surface area contributed by atoms with Gasteiger partial charge in [-0.3, -0.25) is 4.79 Å². The maximum absolute atomic E-state index is 12.3.